The quantitative estimate of drug-likeness (QED) is 0.701. The van der Waals surface area contributed by atoms with Crippen LogP contribution in [0.5, 0.6) is 0 Å². The summed E-state index contributed by atoms with van der Waals surface area (Å²) in [6.45, 7) is 0.0467. The van der Waals surface area contributed by atoms with Crippen LogP contribution in [0.4, 0.5) is 9.18 Å². The lowest BCUT2D eigenvalue weighted by Crippen LogP contribution is -2.42. The number of carboxylic acids is 1. The van der Waals surface area contributed by atoms with Crippen LogP contribution in [-0.4, -0.2) is 29.0 Å². The number of carbonyl (C=O) groups is 2. The van der Waals surface area contributed by atoms with Gasteiger partial charge in [-0.05, 0) is 29.3 Å². The molecule has 2 N–H and O–H groups in total. The summed E-state index contributed by atoms with van der Waals surface area (Å²) in [6.07, 6.45) is -0.814. The first-order valence-corrected chi connectivity index (χ1v) is 9.20. The number of halogens is 2. The van der Waals surface area contributed by atoms with E-state index in [4.69, 9.17) is 16.3 Å². The number of carbonyl (C=O) groups excluding carboxylic acids is 1. The predicted molar refractivity (Wildman–Crippen MR) is 98.8 cm³/mol. The highest BCUT2D eigenvalue weighted by Crippen LogP contribution is 2.22. The van der Waals surface area contributed by atoms with Crippen molar-refractivity contribution in [3.05, 3.63) is 70.5 Å². The summed E-state index contributed by atoms with van der Waals surface area (Å²) in [5.74, 6) is -1.19. The molecule has 8 heteroatoms. The average Bonchev–Trinajstić information content (AvgIpc) is 2.62. The van der Waals surface area contributed by atoms with Crippen molar-refractivity contribution in [2.45, 2.75) is 18.4 Å². The molecule has 0 aromatic heterocycles. The van der Waals surface area contributed by atoms with Crippen molar-refractivity contribution in [2.75, 3.05) is 5.75 Å². The van der Waals surface area contributed by atoms with Crippen molar-refractivity contribution in [1.82, 2.24) is 5.32 Å². The lowest BCUT2D eigenvalue weighted by molar-refractivity contribution is -0.138. The largest absolute Gasteiger partial charge is 0.480 e. The van der Waals surface area contributed by atoms with Crippen LogP contribution in [0.2, 0.25) is 5.02 Å². The molecule has 1 amide bonds. The minimum atomic E-state index is -1.18. The SMILES string of the molecule is O=C(NC(CSCc1cc(F)ccc1Cl)C(=O)O)OCc1ccccc1. The zero-order valence-electron chi connectivity index (χ0n) is 13.7. The number of rotatable bonds is 8. The van der Waals surface area contributed by atoms with E-state index in [0.29, 0.717) is 16.3 Å². The Bertz CT molecular complexity index is 760. The molecule has 0 saturated carbocycles. The predicted octanol–water partition coefficient (Wildman–Crippen LogP) is 4.09. The minimum Gasteiger partial charge on any atom is -0.480 e. The molecule has 26 heavy (non-hydrogen) atoms. The second-order valence-electron chi connectivity index (χ2n) is 5.35. The normalized spacial score (nSPS) is 11.6. The smallest absolute Gasteiger partial charge is 0.408 e. The first kappa shape index (κ1) is 20.1. The van der Waals surface area contributed by atoms with Crippen LogP contribution in [0.25, 0.3) is 0 Å². The van der Waals surface area contributed by atoms with Crippen LogP contribution >= 0.6 is 23.4 Å². The fourth-order valence-electron chi connectivity index (χ4n) is 2.02. The van der Waals surface area contributed by atoms with Gasteiger partial charge in [-0.3, -0.25) is 0 Å². The zero-order valence-corrected chi connectivity index (χ0v) is 15.2. The molecule has 0 heterocycles. The van der Waals surface area contributed by atoms with Gasteiger partial charge in [0.25, 0.3) is 0 Å². The lowest BCUT2D eigenvalue weighted by Gasteiger charge is -2.14. The molecule has 1 atom stereocenters. The molecule has 0 fully saturated rings. The molecule has 2 aromatic rings. The van der Waals surface area contributed by atoms with Crippen LogP contribution in [0, 0.1) is 5.82 Å². The maximum atomic E-state index is 13.2. The molecule has 5 nitrogen and oxygen atoms in total. The first-order chi connectivity index (χ1) is 12.5. The Morgan fingerprint density at radius 3 is 2.65 bits per heavy atom. The Morgan fingerprint density at radius 2 is 1.96 bits per heavy atom. The molecule has 0 aliphatic carbocycles. The highest BCUT2D eigenvalue weighted by molar-refractivity contribution is 7.98. The Labute approximate surface area is 159 Å². The molecular weight excluding hydrogens is 381 g/mol. The summed E-state index contributed by atoms with van der Waals surface area (Å²) in [4.78, 5) is 23.1. The van der Waals surface area contributed by atoms with Gasteiger partial charge >= 0.3 is 12.1 Å². The monoisotopic (exact) mass is 397 g/mol. The van der Waals surface area contributed by atoms with Gasteiger partial charge in [0.05, 0.1) is 0 Å². The fourth-order valence-corrected chi connectivity index (χ4v) is 3.32. The topological polar surface area (TPSA) is 75.6 Å². The van der Waals surface area contributed by atoms with Crippen molar-refractivity contribution < 1.29 is 23.8 Å². The molecule has 2 rings (SSSR count). The zero-order chi connectivity index (χ0) is 18.9. The molecule has 0 bridgehead atoms. The van der Waals surface area contributed by atoms with Crippen molar-refractivity contribution >= 4 is 35.4 Å². The highest BCUT2D eigenvalue weighted by Gasteiger charge is 2.21. The van der Waals surface area contributed by atoms with Crippen molar-refractivity contribution in [3.63, 3.8) is 0 Å². The number of carboxylic acid groups (broad SMARTS) is 1. The lowest BCUT2D eigenvalue weighted by atomic mass is 10.2. The van der Waals surface area contributed by atoms with Gasteiger partial charge < -0.3 is 15.2 Å². The average molecular weight is 398 g/mol. The number of thioether (sulfide) groups is 1. The van der Waals surface area contributed by atoms with E-state index in [1.165, 1.54) is 30.0 Å². The number of alkyl carbamates (subject to hydrolysis) is 1. The van der Waals surface area contributed by atoms with E-state index in [2.05, 4.69) is 5.32 Å². The van der Waals surface area contributed by atoms with E-state index in [9.17, 15) is 19.1 Å². The standard InChI is InChI=1S/C18H17ClFNO4S/c19-15-7-6-14(20)8-13(15)10-26-11-16(17(22)23)21-18(24)25-9-12-4-2-1-3-5-12/h1-8,16H,9-11H2,(H,21,24)(H,22,23). The number of amides is 1. The van der Waals surface area contributed by atoms with Crippen LogP contribution in [0.15, 0.2) is 48.5 Å². The van der Waals surface area contributed by atoms with E-state index in [1.54, 1.807) is 12.1 Å². The van der Waals surface area contributed by atoms with Gasteiger partial charge in [-0.25, -0.2) is 14.0 Å². The molecule has 0 radical (unpaired) electrons. The van der Waals surface area contributed by atoms with Crippen LogP contribution in [0.3, 0.4) is 0 Å². The van der Waals surface area contributed by atoms with Crippen molar-refractivity contribution in [2.24, 2.45) is 0 Å². The molecule has 0 aliphatic heterocycles. The van der Waals surface area contributed by atoms with E-state index in [0.717, 1.165) is 5.56 Å². The number of benzene rings is 2. The maximum absolute atomic E-state index is 13.2. The molecular formula is C18H17ClFNO4S. The second kappa shape index (κ2) is 10.0. The fraction of sp³-hybridized carbons (Fsp3) is 0.222. The van der Waals surface area contributed by atoms with Crippen molar-refractivity contribution in [3.8, 4) is 0 Å². The molecule has 2 aromatic carbocycles. The van der Waals surface area contributed by atoms with E-state index in [-0.39, 0.29) is 12.4 Å². The summed E-state index contributed by atoms with van der Waals surface area (Å²) in [5.41, 5.74) is 1.36. The molecule has 1 unspecified atom stereocenters. The van der Waals surface area contributed by atoms with E-state index < -0.39 is 23.9 Å². The first-order valence-electron chi connectivity index (χ1n) is 7.67. The van der Waals surface area contributed by atoms with Gasteiger partial charge in [-0.1, -0.05) is 41.9 Å². The summed E-state index contributed by atoms with van der Waals surface area (Å²) in [5, 5.41) is 11.9. The van der Waals surface area contributed by atoms with Gasteiger partial charge in [0.2, 0.25) is 0 Å². The summed E-state index contributed by atoms with van der Waals surface area (Å²) in [7, 11) is 0. The third-order valence-corrected chi connectivity index (χ3v) is 4.81. The van der Waals surface area contributed by atoms with Gasteiger partial charge in [0.15, 0.2) is 0 Å². The van der Waals surface area contributed by atoms with Gasteiger partial charge in [-0.2, -0.15) is 11.8 Å². The van der Waals surface area contributed by atoms with E-state index in [1.807, 2.05) is 18.2 Å². The Balaban J connectivity index is 1.81. The number of nitrogens with one attached hydrogen (secondary N) is 1. The highest BCUT2D eigenvalue weighted by atomic mass is 35.5. The minimum absolute atomic E-state index is 0.0467. The van der Waals surface area contributed by atoms with Crippen molar-refractivity contribution in [1.29, 1.82) is 0 Å². The van der Waals surface area contributed by atoms with Gasteiger partial charge in [-0.15, -0.1) is 0 Å². The Morgan fingerprint density at radius 1 is 1.23 bits per heavy atom. The van der Waals surface area contributed by atoms with Gasteiger partial charge in [0, 0.05) is 16.5 Å². The summed E-state index contributed by atoms with van der Waals surface area (Å²) < 4.78 is 18.2. The third kappa shape index (κ3) is 6.57. The van der Waals surface area contributed by atoms with Crippen LogP contribution in [0.1, 0.15) is 11.1 Å². The molecule has 0 saturated heterocycles. The number of ether oxygens (including phenoxy) is 1. The second-order valence-corrected chi connectivity index (χ2v) is 6.79. The molecule has 0 spiro atoms. The maximum Gasteiger partial charge on any atom is 0.408 e. The van der Waals surface area contributed by atoms with E-state index >= 15 is 0 Å². The number of hydrogen-bond acceptors (Lipinski definition) is 4. The third-order valence-electron chi connectivity index (χ3n) is 3.35. The molecule has 138 valence electrons. The Hall–Kier alpha value is -2.25. The van der Waals surface area contributed by atoms with Crippen LogP contribution in [-0.2, 0) is 21.9 Å². The molecule has 0 aliphatic rings. The Kier molecular flexibility index (Phi) is 7.74. The number of hydrogen-bond donors (Lipinski definition) is 2. The summed E-state index contributed by atoms with van der Waals surface area (Å²) >= 11 is 7.19. The number of aliphatic carboxylic acids is 1. The van der Waals surface area contributed by atoms with Crippen LogP contribution < -0.4 is 5.32 Å². The van der Waals surface area contributed by atoms with Gasteiger partial charge in [0.1, 0.15) is 18.5 Å². The summed E-state index contributed by atoms with van der Waals surface area (Å²) in [6, 6.07) is 11.9.